The maximum Gasteiger partial charge on any atom is 0.323 e. The van der Waals surface area contributed by atoms with Crippen LogP contribution < -0.4 is 0 Å². The van der Waals surface area contributed by atoms with Gasteiger partial charge >= 0.3 is 5.97 Å². The van der Waals surface area contributed by atoms with Crippen LogP contribution in [0.2, 0.25) is 5.02 Å². The molecule has 1 aliphatic heterocycles. The third-order valence-electron chi connectivity index (χ3n) is 4.06. The SMILES string of the molecule is CCOC(=O)[C@H](C)N(C)CC(=O)N1CCS[C@@H]1c1ccccc1Cl. The van der Waals surface area contributed by atoms with E-state index >= 15 is 0 Å². The summed E-state index contributed by atoms with van der Waals surface area (Å²) >= 11 is 7.99. The molecule has 1 aromatic rings. The number of benzene rings is 1. The summed E-state index contributed by atoms with van der Waals surface area (Å²) in [5.74, 6) is 0.550. The zero-order valence-electron chi connectivity index (χ0n) is 14.2. The Morgan fingerprint density at radius 3 is 2.83 bits per heavy atom. The van der Waals surface area contributed by atoms with Crippen LogP contribution in [0.5, 0.6) is 0 Å². The number of hydrogen-bond donors (Lipinski definition) is 0. The van der Waals surface area contributed by atoms with E-state index in [1.807, 2.05) is 29.2 Å². The maximum atomic E-state index is 12.7. The Hall–Kier alpha value is -1.24. The van der Waals surface area contributed by atoms with Crippen LogP contribution in [-0.4, -0.2) is 60.2 Å². The molecule has 0 aromatic heterocycles. The van der Waals surface area contributed by atoms with Gasteiger partial charge in [0, 0.05) is 22.9 Å². The first-order valence-corrected chi connectivity index (χ1v) is 9.40. The molecule has 1 amide bonds. The van der Waals surface area contributed by atoms with E-state index in [0.717, 1.165) is 11.3 Å². The van der Waals surface area contributed by atoms with E-state index in [4.69, 9.17) is 16.3 Å². The predicted octanol–water partition coefficient (Wildman–Crippen LogP) is 2.80. The Kier molecular flexibility index (Phi) is 6.95. The molecule has 0 bridgehead atoms. The van der Waals surface area contributed by atoms with Gasteiger partial charge in [0.2, 0.25) is 5.91 Å². The zero-order chi connectivity index (χ0) is 17.7. The summed E-state index contributed by atoms with van der Waals surface area (Å²) in [7, 11) is 1.76. The van der Waals surface area contributed by atoms with Gasteiger partial charge in [0.05, 0.1) is 13.2 Å². The van der Waals surface area contributed by atoms with Gasteiger partial charge in [0.1, 0.15) is 11.4 Å². The van der Waals surface area contributed by atoms with E-state index in [0.29, 0.717) is 18.2 Å². The van der Waals surface area contributed by atoms with Crippen molar-refractivity contribution in [2.75, 3.05) is 32.5 Å². The third-order valence-corrected chi connectivity index (χ3v) is 5.64. The molecule has 1 aliphatic rings. The van der Waals surface area contributed by atoms with Gasteiger partial charge in [0.15, 0.2) is 0 Å². The molecule has 5 nitrogen and oxygen atoms in total. The molecule has 0 spiro atoms. The van der Waals surface area contributed by atoms with Crippen LogP contribution in [0.3, 0.4) is 0 Å². The van der Waals surface area contributed by atoms with E-state index in [1.165, 1.54) is 0 Å². The smallest absolute Gasteiger partial charge is 0.323 e. The highest BCUT2D eigenvalue weighted by molar-refractivity contribution is 7.99. The van der Waals surface area contributed by atoms with Crippen molar-refractivity contribution in [1.29, 1.82) is 0 Å². The van der Waals surface area contributed by atoms with Crippen molar-refractivity contribution in [3.63, 3.8) is 0 Å². The van der Waals surface area contributed by atoms with Gasteiger partial charge in [-0.2, -0.15) is 0 Å². The highest BCUT2D eigenvalue weighted by Crippen LogP contribution is 2.40. The average molecular weight is 371 g/mol. The minimum atomic E-state index is -0.456. The van der Waals surface area contributed by atoms with Gasteiger partial charge < -0.3 is 9.64 Å². The second-order valence-corrected chi connectivity index (χ2v) is 7.27. The van der Waals surface area contributed by atoms with Crippen LogP contribution in [0.25, 0.3) is 0 Å². The van der Waals surface area contributed by atoms with E-state index in [1.54, 1.807) is 37.6 Å². The minimum absolute atomic E-state index is 0.0106. The molecule has 0 unspecified atom stereocenters. The monoisotopic (exact) mass is 370 g/mol. The molecular weight excluding hydrogens is 348 g/mol. The number of likely N-dealkylation sites (N-methyl/N-ethyl adjacent to an activating group) is 1. The lowest BCUT2D eigenvalue weighted by atomic mass is 10.2. The molecule has 1 fully saturated rings. The highest BCUT2D eigenvalue weighted by Gasteiger charge is 2.33. The van der Waals surface area contributed by atoms with Crippen LogP contribution in [0.1, 0.15) is 24.8 Å². The summed E-state index contributed by atoms with van der Waals surface area (Å²) in [6.45, 7) is 4.70. The minimum Gasteiger partial charge on any atom is -0.465 e. The predicted molar refractivity (Wildman–Crippen MR) is 97.1 cm³/mol. The molecule has 1 aromatic carbocycles. The Bertz CT molecular complexity index is 599. The summed E-state index contributed by atoms with van der Waals surface area (Å²) in [6.07, 6.45) is 0. The molecule has 0 N–H and O–H groups in total. The van der Waals surface area contributed by atoms with Gasteiger partial charge in [-0.15, -0.1) is 11.8 Å². The molecule has 132 valence electrons. The number of thioether (sulfide) groups is 1. The van der Waals surface area contributed by atoms with Crippen molar-refractivity contribution in [1.82, 2.24) is 9.80 Å². The Balaban J connectivity index is 2.03. The molecule has 7 heteroatoms. The first kappa shape index (κ1) is 19.1. The largest absolute Gasteiger partial charge is 0.465 e. The van der Waals surface area contributed by atoms with Crippen LogP contribution in [0.15, 0.2) is 24.3 Å². The van der Waals surface area contributed by atoms with E-state index < -0.39 is 6.04 Å². The standard InChI is InChI=1S/C17H23ClN2O3S/c1-4-23-17(22)12(2)19(3)11-15(21)20-9-10-24-16(20)13-7-5-6-8-14(13)18/h5-8,12,16H,4,9-11H2,1-3H3/t12-,16+/m0/s1. The number of hydrogen-bond acceptors (Lipinski definition) is 5. The van der Waals surface area contributed by atoms with Gasteiger partial charge in [0.25, 0.3) is 0 Å². The fraction of sp³-hybridized carbons (Fsp3) is 0.529. The van der Waals surface area contributed by atoms with Crippen molar-refractivity contribution in [3.8, 4) is 0 Å². The van der Waals surface area contributed by atoms with Crippen LogP contribution in [-0.2, 0) is 14.3 Å². The van der Waals surface area contributed by atoms with Crippen LogP contribution in [0, 0.1) is 0 Å². The molecule has 2 rings (SSSR count). The topological polar surface area (TPSA) is 49.9 Å². The molecular formula is C17H23ClN2O3S. The number of nitrogens with zero attached hydrogens (tertiary/aromatic N) is 2. The summed E-state index contributed by atoms with van der Waals surface area (Å²) < 4.78 is 5.01. The number of amides is 1. The Morgan fingerprint density at radius 2 is 2.17 bits per heavy atom. The Labute approximate surface area is 152 Å². The van der Waals surface area contributed by atoms with E-state index in [-0.39, 0.29) is 23.8 Å². The number of esters is 1. The van der Waals surface area contributed by atoms with Crippen molar-refractivity contribution in [2.24, 2.45) is 0 Å². The van der Waals surface area contributed by atoms with Gasteiger partial charge in [-0.25, -0.2) is 0 Å². The fourth-order valence-corrected chi connectivity index (χ4v) is 4.16. The average Bonchev–Trinajstić information content (AvgIpc) is 3.04. The molecule has 0 radical (unpaired) electrons. The second kappa shape index (κ2) is 8.74. The number of rotatable bonds is 6. The molecule has 2 atom stereocenters. The molecule has 24 heavy (non-hydrogen) atoms. The lowest BCUT2D eigenvalue weighted by Crippen LogP contribution is -2.44. The third kappa shape index (κ3) is 4.43. The summed E-state index contributed by atoms with van der Waals surface area (Å²) in [6, 6.07) is 7.15. The second-order valence-electron chi connectivity index (χ2n) is 5.67. The first-order chi connectivity index (χ1) is 11.5. The van der Waals surface area contributed by atoms with Crippen molar-refractivity contribution in [2.45, 2.75) is 25.3 Å². The number of halogens is 1. The van der Waals surface area contributed by atoms with Crippen LogP contribution in [0.4, 0.5) is 0 Å². The van der Waals surface area contributed by atoms with Crippen molar-refractivity contribution >= 4 is 35.2 Å². The van der Waals surface area contributed by atoms with E-state index in [2.05, 4.69) is 0 Å². The molecule has 1 heterocycles. The lowest BCUT2D eigenvalue weighted by Gasteiger charge is -2.28. The Morgan fingerprint density at radius 1 is 1.46 bits per heavy atom. The maximum absolute atomic E-state index is 12.7. The quantitative estimate of drug-likeness (QED) is 0.721. The van der Waals surface area contributed by atoms with Crippen LogP contribution >= 0.6 is 23.4 Å². The van der Waals surface area contributed by atoms with Crippen molar-refractivity contribution in [3.05, 3.63) is 34.9 Å². The summed E-state index contributed by atoms with van der Waals surface area (Å²) in [4.78, 5) is 28.1. The zero-order valence-corrected chi connectivity index (χ0v) is 15.8. The van der Waals surface area contributed by atoms with E-state index in [9.17, 15) is 9.59 Å². The lowest BCUT2D eigenvalue weighted by molar-refractivity contribution is -0.149. The fourth-order valence-electron chi connectivity index (χ4n) is 2.54. The number of ether oxygens (including phenoxy) is 1. The molecule has 0 aliphatic carbocycles. The number of carbonyl (C=O) groups is 2. The molecule has 1 saturated heterocycles. The van der Waals surface area contributed by atoms with Crippen molar-refractivity contribution < 1.29 is 14.3 Å². The molecule has 0 saturated carbocycles. The van der Waals surface area contributed by atoms with Gasteiger partial charge in [-0.3, -0.25) is 14.5 Å². The van der Waals surface area contributed by atoms with Gasteiger partial charge in [-0.1, -0.05) is 29.8 Å². The first-order valence-electron chi connectivity index (χ1n) is 7.98. The van der Waals surface area contributed by atoms with Gasteiger partial charge in [-0.05, 0) is 27.0 Å². The number of carbonyl (C=O) groups excluding carboxylic acids is 2. The summed E-state index contributed by atoms with van der Waals surface area (Å²) in [5.41, 5.74) is 0.955. The normalized spacial score (nSPS) is 18.7. The summed E-state index contributed by atoms with van der Waals surface area (Å²) in [5, 5.41) is 0.598. The highest BCUT2D eigenvalue weighted by atomic mass is 35.5.